The van der Waals surface area contributed by atoms with E-state index in [0.29, 0.717) is 0 Å². The molecule has 0 aliphatic heterocycles. The zero-order valence-electron chi connectivity index (χ0n) is 16.5. The maximum atomic E-state index is 3.17. The quantitative estimate of drug-likeness (QED) is 0.621. The van der Waals surface area contributed by atoms with E-state index >= 15 is 0 Å². The van der Waals surface area contributed by atoms with Crippen molar-refractivity contribution in [3.8, 4) is 0 Å². The van der Waals surface area contributed by atoms with Gasteiger partial charge in [0.25, 0.3) is 0 Å². The molecule has 2 aromatic rings. The molecule has 0 atom stereocenters. The topological polar surface area (TPSA) is 12.0 Å². The highest BCUT2D eigenvalue weighted by Gasteiger charge is 2.36. The van der Waals surface area contributed by atoms with E-state index in [9.17, 15) is 0 Å². The Morgan fingerprint density at radius 3 is 2.08 bits per heavy atom. The lowest BCUT2D eigenvalue weighted by Crippen LogP contribution is -2.33. The summed E-state index contributed by atoms with van der Waals surface area (Å²) >= 11 is 0. The summed E-state index contributed by atoms with van der Waals surface area (Å²) in [5, 5.41) is 3.17. The number of fused-ring (bicyclic) bond motifs is 1. The van der Waals surface area contributed by atoms with E-state index in [2.05, 4.69) is 88.5 Å². The van der Waals surface area contributed by atoms with Gasteiger partial charge in [-0.1, -0.05) is 64.1 Å². The first-order valence-electron chi connectivity index (χ1n) is 9.34. The fraction of sp³-hybridized carbons (Fsp3) is 0.417. The van der Waals surface area contributed by atoms with Gasteiger partial charge in [0.15, 0.2) is 0 Å². The van der Waals surface area contributed by atoms with Crippen LogP contribution in [0.15, 0.2) is 42.5 Å². The van der Waals surface area contributed by atoms with E-state index in [1.165, 1.54) is 40.7 Å². The summed E-state index contributed by atoms with van der Waals surface area (Å²) in [5.41, 5.74) is 8.62. The Labute approximate surface area is 153 Å². The van der Waals surface area contributed by atoms with Crippen LogP contribution in [0.2, 0.25) is 0 Å². The van der Waals surface area contributed by atoms with Gasteiger partial charge in [-0.2, -0.15) is 0 Å². The molecule has 0 unspecified atom stereocenters. The maximum Gasteiger partial charge on any atom is 0.0337 e. The van der Waals surface area contributed by atoms with Gasteiger partial charge in [0.1, 0.15) is 0 Å². The Morgan fingerprint density at radius 2 is 1.48 bits per heavy atom. The number of nitrogens with one attached hydrogen (secondary N) is 1. The fourth-order valence-electron chi connectivity index (χ4n) is 3.93. The molecule has 1 nitrogen and oxygen atoms in total. The zero-order chi connectivity index (χ0) is 18.2. The minimum atomic E-state index is 0.261. The van der Waals surface area contributed by atoms with Gasteiger partial charge < -0.3 is 5.32 Å². The monoisotopic (exact) mass is 333 g/mol. The van der Waals surface area contributed by atoms with Crippen LogP contribution in [-0.4, -0.2) is 7.05 Å². The van der Waals surface area contributed by atoms with Crippen molar-refractivity contribution in [3.05, 3.63) is 64.7 Å². The molecule has 25 heavy (non-hydrogen) atoms. The predicted octanol–water partition coefficient (Wildman–Crippen LogP) is 6.64. The second kappa shape index (κ2) is 6.37. The Morgan fingerprint density at radius 1 is 0.880 bits per heavy atom. The van der Waals surface area contributed by atoms with Crippen molar-refractivity contribution in [1.29, 1.82) is 0 Å². The van der Waals surface area contributed by atoms with Gasteiger partial charge >= 0.3 is 0 Å². The number of hydrogen-bond donors (Lipinski definition) is 1. The zero-order valence-corrected chi connectivity index (χ0v) is 16.5. The van der Waals surface area contributed by atoms with Crippen LogP contribution in [0.4, 0.5) is 5.69 Å². The van der Waals surface area contributed by atoms with E-state index in [0.717, 1.165) is 5.69 Å². The highest BCUT2D eigenvalue weighted by atomic mass is 14.8. The maximum absolute atomic E-state index is 3.17. The van der Waals surface area contributed by atoms with Crippen LogP contribution in [0.1, 0.15) is 69.7 Å². The van der Waals surface area contributed by atoms with E-state index in [1.807, 2.05) is 7.05 Å². The molecule has 1 aliphatic rings. The van der Waals surface area contributed by atoms with Crippen LogP contribution in [-0.2, 0) is 10.8 Å². The first kappa shape index (κ1) is 17.8. The molecule has 132 valence electrons. The van der Waals surface area contributed by atoms with Gasteiger partial charge in [0.05, 0.1) is 0 Å². The Bertz CT molecular complexity index is 791. The molecular weight excluding hydrogens is 302 g/mol. The summed E-state index contributed by atoms with van der Waals surface area (Å²) in [6.45, 7) is 11.7. The molecule has 0 heterocycles. The number of anilines is 1. The van der Waals surface area contributed by atoms with Crippen LogP contribution >= 0.6 is 0 Å². The molecule has 1 aliphatic carbocycles. The molecule has 0 aromatic heterocycles. The molecular formula is C24H31N. The van der Waals surface area contributed by atoms with E-state index in [4.69, 9.17) is 0 Å². The van der Waals surface area contributed by atoms with E-state index in [-0.39, 0.29) is 10.8 Å². The third-order valence-electron chi connectivity index (χ3n) is 5.89. The SMILES string of the molecule is CNc1ccc(/C(C)=C/c2ccc3c(c2)C(C)(C)CCC3(C)C)cc1. The molecule has 2 aromatic carbocycles. The van der Waals surface area contributed by atoms with Gasteiger partial charge in [0, 0.05) is 12.7 Å². The van der Waals surface area contributed by atoms with E-state index in [1.54, 1.807) is 0 Å². The lowest BCUT2D eigenvalue weighted by Gasteiger charge is -2.42. The van der Waals surface area contributed by atoms with Crippen molar-refractivity contribution in [2.75, 3.05) is 12.4 Å². The third kappa shape index (κ3) is 3.51. The highest BCUT2D eigenvalue weighted by Crippen LogP contribution is 2.46. The van der Waals surface area contributed by atoms with Gasteiger partial charge in [-0.3, -0.25) is 0 Å². The van der Waals surface area contributed by atoms with Crippen molar-refractivity contribution in [2.24, 2.45) is 0 Å². The lowest BCUT2D eigenvalue weighted by molar-refractivity contribution is 0.332. The van der Waals surface area contributed by atoms with Gasteiger partial charge in [-0.15, -0.1) is 0 Å². The Kier molecular flexibility index (Phi) is 4.53. The second-order valence-electron chi connectivity index (χ2n) is 8.73. The summed E-state index contributed by atoms with van der Waals surface area (Å²) in [5.74, 6) is 0. The molecule has 1 N–H and O–H groups in total. The van der Waals surface area contributed by atoms with Crippen LogP contribution in [0.3, 0.4) is 0 Å². The van der Waals surface area contributed by atoms with Crippen molar-refractivity contribution in [2.45, 2.75) is 58.3 Å². The first-order chi connectivity index (χ1) is 11.7. The summed E-state index contributed by atoms with van der Waals surface area (Å²) in [6.07, 6.45) is 4.83. The van der Waals surface area contributed by atoms with Crippen molar-refractivity contribution >= 4 is 17.3 Å². The summed E-state index contributed by atoms with van der Waals surface area (Å²) in [4.78, 5) is 0. The minimum Gasteiger partial charge on any atom is -0.388 e. The summed E-state index contributed by atoms with van der Waals surface area (Å²) in [6, 6.07) is 15.7. The van der Waals surface area contributed by atoms with Crippen molar-refractivity contribution in [3.63, 3.8) is 0 Å². The third-order valence-corrected chi connectivity index (χ3v) is 5.89. The smallest absolute Gasteiger partial charge is 0.0337 e. The standard InChI is InChI=1S/C24H31N/c1-17(19-8-10-20(25-6)11-9-19)15-18-7-12-21-22(16-18)24(4,5)14-13-23(21,2)3/h7-12,15-16,25H,13-14H2,1-6H3/b17-15+. The van der Waals surface area contributed by atoms with Crippen molar-refractivity contribution in [1.82, 2.24) is 0 Å². The average Bonchev–Trinajstić information content (AvgIpc) is 2.59. The Balaban J connectivity index is 1.98. The van der Waals surface area contributed by atoms with Gasteiger partial charge in [0.2, 0.25) is 0 Å². The van der Waals surface area contributed by atoms with Gasteiger partial charge in [-0.05, 0) is 70.6 Å². The van der Waals surface area contributed by atoms with Gasteiger partial charge in [-0.25, -0.2) is 0 Å². The number of benzene rings is 2. The Hall–Kier alpha value is -2.02. The van der Waals surface area contributed by atoms with Crippen LogP contribution in [0, 0.1) is 0 Å². The normalized spacial score (nSPS) is 18.6. The first-order valence-corrected chi connectivity index (χ1v) is 9.34. The van der Waals surface area contributed by atoms with Crippen molar-refractivity contribution < 1.29 is 0 Å². The lowest BCUT2D eigenvalue weighted by atomic mass is 9.63. The average molecular weight is 334 g/mol. The molecule has 1 heteroatoms. The molecule has 0 bridgehead atoms. The molecule has 0 amide bonds. The molecule has 3 rings (SSSR count). The molecule has 0 saturated carbocycles. The van der Waals surface area contributed by atoms with E-state index < -0.39 is 0 Å². The summed E-state index contributed by atoms with van der Waals surface area (Å²) in [7, 11) is 1.95. The predicted molar refractivity (Wildman–Crippen MR) is 111 cm³/mol. The number of allylic oxidation sites excluding steroid dienone is 1. The molecule has 0 radical (unpaired) electrons. The summed E-state index contributed by atoms with van der Waals surface area (Å²) < 4.78 is 0. The highest BCUT2D eigenvalue weighted by molar-refractivity contribution is 5.81. The van der Waals surface area contributed by atoms with Crippen LogP contribution in [0.25, 0.3) is 11.6 Å². The second-order valence-corrected chi connectivity index (χ2v) is 8.73. The largest absolute Gasteiger partial charge is 0.388 e. The van der Waals surface area contributed by atoms with Crippen LogP contribution < -0.4 is 5.32 Å². The van der Waals surface area contributed by atoms with Crippen LogP contribution in [0.5, 0.6) is 0 Å². The fourth-order valence-corrected chi connectivity index (χ4v) is 3.93. The molecule has 0 saturated heterocycles. The molecule has 0 fully saturated rings. The number of hydrogen-bond acceptors (Lipinski definition) is 1. The molecule has 0 spiro atoms. The minimum absolute atomic E-state index is 0.261. The number of rotatable bonds is 3.